The molecule has 8 heteroatoms. The molecule has 1 aromatic rings. The monoisotopic (exact) mass is 405 g/mol. The Morgan fingerprint density at radius 1 is 1.21 bits per heavy atom. The number of morpholine rings is 1. The number of guanidine groups is 1. The molecule has 1 aromatic heterocycles. The van der Waals surface area contributed by atoms with Crippen LogP contribution in [-0.2, 0) is 24.1 Å². The average molecular weight is 406 g/mol. The quantitative estimate of drug-likeness (QED) is 0.504. The minimum absolute atomic E-state index is 0.172. The first-order chi connectivity index (χ1) is 14.2. The molecule has 2 aliphatic rings. The molecule has 0 radical (unpaired) electrons. The van der Waals surface area contributed by atoms with Crippen LogP contribution in [-0.4, -0.2) is 77.6 Å². The Bertz CT molecular complexity index is 643. The number of nitrogens with one attached hydrogen (secondary N) is 2. The third kappa shape index (κ3) is 6.96. The van der Waals surface area contributed by atoms with Crippen molar-refractivity contribution >= 4 is 5.96 Å². The van der Waals surface area contributed by atoms with E-state index < -0.39 is 0 Å². The summed E-state index contributed by atoms with van der Waals surface area (Å²) < 4.78 is 8.25. The smallest absolute Gasteiger partial charge is 0.191 e. The lowest BCUT2D eigenvalue weighted by Crippen LogP contribution is -2.46. The zero-order valence-corrected chi connectivity index (χ0v) is 18.5. The number of aliphatic imine (C=N–C) groups is 1. The molecule has 2 aliphatic heterocycles. The number of aryl methyl sites for hydroxylation is 1. The molecule has 1 fully saturated rings. The normalized spacial score (nSPS) is 21.1. The van der Waals surface area contributed by atoms with Gasteiger partial charge in [-0.25, -0.2) is 0 Å². The van der Waals surface area contributed by atoms with E-state index in [-0.39, 0.29) is 6.10 Å². The Kier molecular flexibility index (Phi) is 8.73. The predicted molar refractivity (Wildman–Crippen MR) is 116 cm³/mol. The van der Waals surface area contributed by atoms with Crippen LogP contribution in [0.15, 0.2) is 4.99 Å². The van der Waals surface area contributed by atoms with Crippen molar-refractivity contribution in [2.45, 2.75) is 65.5 Å². The van der Waals surface area contributed by atoms with Crippen LogP contribution in [0.3, 0.4) is 0 Å². The Morgan fingerprint density at radius 3 is 2.93 bits per heavy atom. The molecule has 8 nitrogen and oxygen atoms in total. The van der Waals surface area contributed by atoms with Crippen molar-refractivity contribution in [1.29, 1.82) is 0 Å². The SMILES string of the molecule is CCNC(=NCC1CN(CC(C)C)CCO1)NCCc1nnc2n1CCCCC2. The van der Waals surface area contributed by atoms with Crippen molar-refractivity contribution in [2.24, 2.45) is 10.9 Å². The van der Waals surface area contributed by atoms with E-state index in [4.69, 9.17) is 9.73 Å². The van der Waals surface area contributed by atoms with E-state index in [1.54, 1.807) is 0 Å². The summed E-state index contributed by atoms with van der Waals surface area (Å²) in [5, 5.41) is 15.6. The van der Waals surface area contributed by atoms with Crippen molar-refractivity contribution in [2.75, 3.05) is 45.9 Å². The first-order valence-electron chi connectivity index (χ1n) is 11.4. The Labute approximate surface area is 175 Å². The molecular formula is C21H39N7O. The number of hydrogen-bond donors (Lipinski definition) is 2. The molecule has 164 valence electrons. The summed E-state index contributed by atoms with van der Waals surface area (Å²) in [7, 11) is 0. The number of rotatable bonds is 8. The Hall–Kier alpha value is -1.67. The average Bonchev–Trinajstić information content (AvgIpc) is 2.92. The highest BCUT2D eigenvalue weighted by atomic mass is 16.5. The molecule has 0 bridgehead atoms. The summed E-state index contributed by atoms with van der Waals surface area (Å²) in [5.41, 5.74) is 0. The Morgan fingerprint density at radius 2 is 2.10 bits per heavy atom. The number of fused-ring (bicyclic) bond motifs is 1. The van der Waals surface area contributed by atoms with Gasteiger partial charge in [0.15, 0.2) is 5.96 Å². The van der Waals surface area contributed by atoms with Crippen LogP contribution >= 0.6 is 0 Å². The van der Waals surface area contributed by atoms with Crippen molar-refractivity contribution in [1.82, 2.24) is 30.3 Å². The van der Waals surface area contributed by atoms with Gasteiger partial charge in [-0.05, 0) is 25.7 Å². The second kappa shape index (κ2) is 11.5. The highest BCUT2D eigenvalue weighted by molar-refractivity contribution is 5.79. The molecule has 0 spiro atoms. The molecule has 2 N–H and O–H groups in total. The van der Waals surface area contributed by atoms with Gasteiger partial charge in [0.1, 0.15) is 11.6 Å². The van der Waals surface area contributed by atoms with Crippen LogP contribution in [0.4, 0.5) is 0 Å². The van der Waals surface area contributed by atoms with Gasteiger partial charge < -0.3 is 19.9 Å². The van der Waals surface area contributed by atoms with Gasteiger partial charge in [-0.3, -0.25) is 9.89 Å². The standard InChI is InChI=1S/C21H39N7O/c1-4-22-21(24-14-18-16-27(12-13-29-18)15-17(2)3)23-10-9-20-26-25-19-8-6-5-7-11-28(19)20/h17-18H,4-16H2,1-3H3,(H2,22,23,24). The van der Waals surface area contributed by atoms with E-state index >= 15 is 0 Å². The molecule has 29 heavy (non-hydrogen) atoms. The third-order valence-corrected chi connectivity index (χ3v) is 5.47. The van der Waals surface area contributed by atoms with Gasteiger partial charge in [-0.2, -0.15) is 0 Å². The zero-order valence-electron chi connectivity index (χ0n) is 18.5. The lowest BCUT2D eigenvalue weighted by molar-refractivity contribution is -0.0261. The first kappa shape index (κ1) is 22.0. The van der Waals surface area contributed by atoms with E-state index in [2.05, 4.69) is 51.1 Å². The predicted octanol–water partition coefficient (Wildman–Crippen LogP) is 1.46. The molecule has 1 unspecified atom stereocenters. The maximum Gasteiger partial charge on any atom is 0.191 e. The Balaban J connectivity index is 1.48. The summed E-state index contributed by atoms with van der Waals surface area (Å²) in [6, 6.07) is 0. The maximum absolute atomic E-state index is 5.93. The molecule has 1 saturated heterocycles. The zero-order chi connectivity index (χ0) is 20.5. The molecular weight excluding hydrogens is 366 g/mol. The maximum atomic E-state index is 5.93. The topological polar surface area (TPSA) is 79.6 Å². The minimum Gasteiger partial charge on any atom is -0.374 e. The number of aromatic nitrogens is 3. The van der Waals surface area contributed by atoms with E-state index in [9.17, 15) is 0 Å². The molecule has 1 atom stereocenters. The summed E-state index contributed by atoms with van der Waals surface area (Å²) in [6.45, 7) is 13.9. The van der Waals surface area contributed by atoms with E-state index in [0.29, 0.717) is 12.5 Å². The minimum atomic E-state index is 0.172. The fourth-order valence-electron chi connectivity index (χ4n) is 4.13. The summed E-state index contributed by atoms with van der Waals surface area (Å²) in [6.07, 6.45) is 5.83. The number of nitrogens with zero attached hydrogens (tertiary/aromatic N) is 5. The van der Waals surface area contributed by atoms with Crippen LogP contribution in [0.1, 0.15) is 51.7 Å². The molecule has 0 aromatic carbocycles. The highest BCUT2D eigenvalue weighted by Gasteiger charge is 2.21. The lowest BCUT2D eigenvalue weighted by Gasteiger charge is -2.33. The summed E-state index contributed by atoms with van der Waals surface area (Å²) >= 11 is 0. The van der Waals surface area contributed by atoms with Crippen molar-refractivity contribution in [3.63, 3.8) is 0 Å². The third-order valence-electron chi connectivity index (χ3n) is 5.47. The molecule has 0 aliphatic carbocycles. The lowest BCUT2D eigenvalue weighted by atomic mass is 10.2. The van der Waals surface area contributed by atoms with Crippen molar-refractivity contribution < 1.29 is 4.74 Å². The molecule has 3 rings (SSSR count). The van der Waals surface area contributed by atoms with E-state index in [0.717, 1.165) is 76.3 Å². The van der Waals surface area contributed by atoms with Gasteiger partial charge in [-0.1, -0.05) is 20.3 Å². The number of hydrogen-bond acceptors (Lipinski definition) is 5. The highest BCUT2D eigenvalue weighted by Crippen LogP contribution is 2.14. The molecule has 3 heterocycles. The van der Waals surface area contributed by atoms with Crippen LogP contribution in [0.5, 0.6) is 0 Å². The van der Waals surface area contributed by atoms with Gasteiger partial charge in [-0.15, -0.1) is 10.2 Å². The summed E-state index contributed by atoms with van der Waals surface area (Å²) in [5.74, 6) is 3.78. The van der Waals surface area contributed by atoms with E-state index in [1.165, 1.54) is 19.3 Å². The fourth-order valence-corrected chi connectivity index (χ4v) is 4.13. The summed E-state index contributed by atoms with van der Waals surface area (Å²) in [4.78, 5) is 7.26. The fraction of sp³-hybridized carbons (Fsp3) is 0.857. The van der Waals surface area contributed by atoms with Gasteiger partial charge in [0.05, 0.1) is 19.3 Å². The van der Waals surface area contributed by atoms with Gasteiger partial charge in [0.2, 0.25) is 0 Å². The largest absolute Gasteiger partial charge is 0.374 e. The number of ether oxygens (including phenoxy) is 1. The second-order valence-corrected chi connectivity index (χ2v) is 8.54. The second-order valence-electron chi connectivity index (χ2n) is 8.54. The molecule has 0 amide bonds. The van der Waals surface area contributed by atoms with Crippen molar-refractivity contribution in [3.05, 3.63) is 11.6 Å². The first-order valence-corrected chi connectivity index (χ1v) is 11.4. The van der Waals surface area contributed by atoms with Gasteiger partial charge in [0.25, 0.3) is 0 Å². The van der Waals surface area contributed by atoms with Crippen LogP contribution in [0, 0.1) is 5.92 Å². The van der Waals surface area contributed by atoms with Crippen LogP contribution < -0.4 is 10.6 Å². The van der Waals surface area contributed by atoms with Gasteiger partial charge >= 0.3 is 0 Å². The van der Waals surface area contributed by atoms with Crippen molar-refractivity contribution in [3.8, 4) is 0 Å². The van der Waals surface area contributed by atoms with E-state index in [1.807, 2.05) is 0 Å². The molecule has 0 saturated carbocycles. The van der Waals surface area contributed by atoms with Crippen LogP contribution in [0.2, 0.25) is 0 Å². The van der Waals surface area contributed by atoms with Crippen LogP contribution in [0.25, 0.3) is 0 Å². The van der Waals surface area contributed by atoms with Gasteiger partial charge in [0, 0.05) is 52.1 Å².